The molecule has 3 nitrogen and oxygen atoms in total. The van der Waals surface area contributed by atoms with Gasteiger partial charge < -0.3 is 14.0 Å². The molecule has 2 heterocycles. The predicted molar refractivity (Wildman–Crippen MR) is 74.8 cm³/mol. The van der Waals surface area contributed by atoms with Crippen molar-refractivity contribution in [2.45, 2.75) is 37.6 Å². The first-order chi connectivity index (χ1) is 9.16. The molecule has 1 aromatic rings. The van der Waals surface area contributed by atoms with Crippen molar-refractivity contribution in [3.05, 3.63) is 35.9 Å². The highest BCUT2D eigenvalue weighted by Crippen LogP contribution is 2.33. The van der Waals surface area contributed by atoms with E-state index in [-0.39, 0.29) is 0 Å². The summed E-state index contributed by atoms with van der Waals surface area (Å²) < 4.78 is 12.9. The SMILES string of the molecule is C[N+]1(C)[C@H]2COC[C@H]1CC(OCc1ccccc1)C2. The molecule has 2 atom stereocenters. The van der Waals surface area contributed by atoms with Crippen molar-refractivity contribution in [2.24, 2.45) is 0 Å². The summed E-state index contributed by atoms with van der Waals surface area (Å²) in [5.74, 6) is 0. The van der Waals surface area contributed by atoms with E-state index in [4.69, 9.17) is 9.47 Å². The van der Waals surface area contributed by atoms with Gasteiger partial charge in [-0.1, -0.05) is 30.3 Å². The summed E-state index contributed by atoms with van der Waals surface area (Å²) in [6.07, 6.45) is 2.64. The lowest BCUT2D eigenvalue weighted by Crippen LogP contribution is -2.67. The van der Waals surface area contributed by atoms with Gasteiger partial charge in [0.25, 0.3) is 0 Å². The van der Waals surface area contributed by atoms with E-state index in [1.165, 1.54) is 5.56 Å². The molecule has 2 bridgehead atoms. The monoisotopic (exact) mass is 262 g/mol. The molecular weight excluding hydrogens is 238 g/mol. The molecule has 0 radical (unpaired) electrons. The molecule has 3 heteroatoms. The highest BCUT2D eigenvalue weighted by molar-refractivity contribution is 5.13. The van der Waals surface area contributed by atoms with Crippen LogP contribution in [0.1, 0.15) is 18.4 Å². The highest BCUT2D eigenvalue weighted by atomic mass is 16.5. The van der Waals surface area contributed by atoms with Crippen molar-refractivity contribution in [1.29, 1.82) is 0 Å². The van der Waals surface area contributed by atoms with Crippen molar-refractivity contribution < 1.29 is 14.0 Å². The van der Waals surface area contributed by atoms with Gasteiger partial charge in [-0.3, -0.25) is 0 Å². The van der Waals surface area contributed by atoms with Crippen molar-refractivity contribution in [1.82, 2.24) is 0 Å². The van der Waals surface area contributed by atoms with Crippen LogP contribution in [0.15, 0.2) is 30.3 Å². The molecule has 0 saturated carbocycles. The zero-order chi connectivity index (χ0) is 13.3. The molecule has 2 aliphatic rings. The van der Waals surface area contributed by atoms with Crippen molar-refractivity contribution in [3.63, 3.8) is 0 Å². The normalized spacial score (nSPS) is 33.1. The predicted octanol–water partition coefficient (Wildman–Crippen LogP) is 2.21. The van der Waals surface area contributed by atoms with Gasteiger partial charge >= 0.3 is 0 Å². The topological polar surface area (TPSA) is 18.5 Å². The Morgan fingerprint density at radius 3 is 2.37 bits per heavy atom. The largest absolute Gasteiger partial charge is 0.373 e. The Labute approximate surface area is 115 Å². The van der Waals surface area contributed by atoms with Gasteiger partial charge in [0, 0.05) is 12.8 Å². The molecule has 19 heavy (non-hydrogen) atoms. The maximum absolute atomic E-state index is 6.13. The van der Waals surface area contributed by atoms with Crippen molar-refractivity contribution in [2.75, 3.05) is 27.3 Å². The summed E-state index contributed by atoms with van der Waals surface area (Å²) in [6.45, 7) is 2.50. The highest BCUT2D eigenvalue weighted by Gasteiger charge is 2.47. The minimum atomic E-state index is 0.394. The standard InChI is InChI=1S/C16H24NO2/c1-17(2)14-8-16(9-15(17)12-18-11-14)19-10-13-6-4-3-5-7-13/h3-7,14-16H,8-12H2,1-2H3/q+1/t14-,15-/m1/s1. The smallest absolute Gasteiger partial charge is 0.115 e. The molecule has 0 N–H and O–H groups in total. The molecule has 0 aliphatic carbocycles. The van der Waals surface area contributed by atoms with Crippen LogP contribution in [-0.4, -0.2) is 50.0 Å². The fourth-order valence-electron chi connectivity index (χ4n) is 3.33. The van der Waals surface area contributed by atoms with Crippen LogP contribution in [0.5, 0.6) is 0 Å². The second-order valence-corrected chi connectivity index (χ2v) is 6.36. The molecule has 2 fully saturated rings. The number of quaternary nitrogens is 1. The molecule has 0 unspecified atom stereocenters. The van der Waals surface area contributed by atoms with E-state index in [2.05, 4.69) is 38.4 Å². The first kappa shape index (κ1) is 13.1. The molecule has 0 spiro atoms. The van der Waals surface area contributed by atoms with Gasteiger partial charge in [0.15, 0.2) is 0 Å². The molecular formula is C16H24NO2+. The van der Waals surface area contributed by atoms with Crippen LogP contribution in [0.4, 0.5) is 0 Å². The number of hydrogen-bond acceptors (Lipinski definition) is 2. The second kappa shape index (κ2) is 5.23. The molecule has 2 saturated heterocycles. The Balaban J connectivity index is 1.59. The molecule has 3 rings (SSSR count). The van der Waals surface area contributed by atoms with Crippen LogP contribution in [0.3, 0.4) is 0 Å². The van der Waals surface area contributed by atoms with E-state index in [9.17, 15) is 0 Å². The second-order valence-electron chi connectivity index (χ2n) is 6.36. The number of ether oxygens (including phenoxy) is 2. The van der Waals surface area contributed by atoms with Crippen molar-refractivity contribution in [3.8, 4) is 0 Å². The average molecular weight is 262 g/mol. The summed E-state index contributed by atoms with van der Waals surface area (Å²) >= 11 is 0. The number of nitrogens with zero attached hydrogens (tertiary/aromatic N) is 1. The van der Waals surface area contributed by atoms with Crippen LogP contribution in [-0.2, 0) is 16.1 Å². The van der Waals surface area contributed by atoms with Gasteiger partial charge in [-0.15, -0.1) is 0 Å². The lowest BCUT2D eigenvalue weighted by Gasteiger charge is -2.52. The fraction of sp³-hybridized carbons (Fsp3) is 0.625. The third kappa shape index (κ3) is 2.69. The lowest BCUT2D eigenvalue weighted by atomic mass is 9.90. The van der Waals surface area contributed by atoms with Gasteiger partial charge in [-0.05, 0) is 5.56 Å². The lowest BCUT2D eigenvalue weighted by molar-refractivity contribution is -0.953. The van der Waals surface area contributed by atoms with E-state index in [1.54, 1.807) is 0 Å². The Morgan fingerprint density at radius 2 is 1.74 bits per heavy atom. The minimum absolute atomic E-state index is 0.394. The molecule has 104 valence electrons. The van der Waals surface area contributed by atoms with Gasteiger partial charge in [-0.2, -0.15) is 0 Å². The summed E-state index contributed by atoms with van der Waals surface area (Å²) in [5, 5.41) is 0. The summed E-state index contributed by atoms with van der Waals surface area (Å²) in [4.78, 5) is 0. The van der Waals surface area contributed by atoms with E-state index in [0.29, 0.717) is 18.2 Å². The Hall–Kier alpha value is -0.900. The fourth-order valence-corrected chi connectivity index (χ4v) is 3.33. The van der Waals surface area contributed by atoms with E-state index in [1.807, 2.05) is 6.07 Å². The summed E-state index contributed by atoms with van der Waals surface area (Å²) in [6, 6.07) is 11.6. The number of likely N-dealkylation sites (N-methyl/N-ethyl adjacent to an activating group) is 1. The number of piperidine rings is 1. The van der Waals surface area contributed by atoms with Gasteiger partial charge in [0.05, 0.1) is 40.0 Å². The number of benzene rings is 1. The van der Waals surface area contributed by atoms with Crippen LogP contribution in [0, 0.1) is 0 Å². The number of fused-ring (bicyclic) bond motifs is 2. The zero-order valence-electron chi connectivity index (χ0n) is 11.9. The summed E-state index contributed by atoms with van der Waals surface area (Å²) in [5.41, 5.74) is 1.27. The van der Waals surface area contributed by atoms with Crippen molar-refractivity contribution >= 4 is 0 Å². The quantitative estimate of drug-likeness (QED) is 0.778. The van der Waals surface area contributed by atoms with E-state index < -0.39 is 0 Å². The number of hydrogen-bond donors (Lipinski definition) is 0. The third-order valence-corrected chi connectivity index (χ3v) is 4.90. The molecule has 1 aromatic carbocycles. The van der Waals surface area contributed by atoms with Gasteiger partial charge in [0.2, 0.25) is 0 Å². The van der Waals surface area contributed by atoms with Crippen LogP contribution in [0.2, 0.25) is 0 Å². The Bertz CT molecular complexity index is 402. The number of morpholine rings is 1. The molecule has 2 aliphatic heterocycles. The maximum Gasteiger partial charge on any atom is 0.115 e. The van der Waals surface area contributed by atoms with E-state index in [0.717, 1.165) is 37.1 Å². The first-order valence-electron chi connectivity index (χ1n) is 7.23. The minimum Gasteiger partial charge on any atom is -0.373 e. The average Bonchev–Trinajstić information content (AvgIpc) is 2.37. The van der Waals surface area contributed by atoms with Crippen LogP contribution >= 0.6 is 0 Å². The number of rotatable bonds is 3. The first-order valence-corrected chi connectivity index (χ1v) is 7.23. The van der Waals surface area contributed by atoms with Crippen LogP contribution in [0.25, 0.3) is 0 Å². The van der Waals surface area contributed by atoms with Gasteiger partial charge in [0.1, 0.15) is 12.1 Å². The third-order valence-electron chi connectivity index (χ3n) is 4.90. The van der Waals surface area contributed by atoms with E-state index >= 15 is 0 Å². The molecule has 0 amide bonds. The zero-order valence-corrected chi connectivity index (χ0v) is 11.9. The van der Waals surface area contributed by atoms with Crippen LogP contribution < -0.4 is 0 Å². The Kier molecular flexibility index (Phi) is 3.61. The maximum atomic E-state index is 6.13. The molecule has 0 aromatic heterocycles. The van der Waals surface area contributed by atoms with Gasteiger partial charge in [-0.25, -0.2) is 0 Å². The Morgan fingerprint density at radius 1 is 1.11 bits per heavy atom. The summed E-state index contributed by atoms with van der Waals surface area (Å²) in [7, 11) is 4.68.